The SMILES string of the molecule is O=C(c1ccc(Cl)cc1I)N(Cc1cccnc1)CC1CCCO1. The number of halogens is 2. The van der Waals surface area contributed by atoms with Crippen LogP contribution in [0.1, 0.15) is 28.8 Å². The molecule has 1 fully saturated rings. The molecule has 2 aromatic rings. The van der Waals surface area contributed by atoms with Crippen LogP contribution in [0.3, 0.4) is 0 Å². The van der Waals surface area contributed by atoms with Crippen molar-refractivity contribution < 1.29 is 9.53 Å². The zero-order valence-corrected chi connectivity index (χ0v) is 16.0. The van der Waals surface area contributed by atoms with Gasteiger partial charge in [0, 0.05) is 40.7 Å². The Balaban J connectivity index is 1.83. The van der Waals surface area contributed by atoms with Crippen LogP contribution in [0.25, 0.3) is 0 Å². The van der Waals surface area contributed by atoms with Crippen molar-refractivity contribution in [2.45, 2.75) is 25.5 Å². The van der Waals surface area contributed by atoms with Crippen LogP contribution in [-0.2, 0) is 11.3 Å². The molecular weight excluding hydrogens is 439 g/mol. The highest BCUT2D eigenvalue weighted by atomic mass is 127. The van der Waals surface area contributed by atoms with E-state index in [-0.39, 0.29) is 12.0 Å². The minimum Gasteiger partial charge on any atom is -0.376 e. The summed E-state index contributed by atoms with van der Waals surface area (Å²) in [5.41, 5.74) is 1.68. The largest absolute Gasteiger partial charge is 0.376 e. The summed E-state index contributed by atoms with van der Waals surface area (Å²) < 4.78 is 6.58. The van der Waals surface area contributed by atoms with Crippen LogP contribution in [0.2, 0.25) is 5.02 Å². The molecule has 0 saturated carbocycles. The van der Waals surface area contributed by atoms with Gasteiger partial charge in [-0.25, -0.2) is 0 Å². The summed E-state index contributed by atoms with van der Waals surface area (Å²) in [6, 6.07) is 9.22. The monoisotopic (exact) mass is 456 g/mol. The van der Waals surface area contributed by atoms with Crippen LogP contribution < -0.4 is 0 Å². The number of aromatic nitrogens is 1. The molecule has 4 nitrogen and oxygen atoms in total. The minimum absolute atomic E-state index is 0.00424. The number of hydrogen-bond acceptors (Lipinski definition) is 3. The number of nitrogens with zero attached hydrogens (tertiary/aromatic N) is 2. The summed E-state index contributed by atoms with van der Waals surface area (Å²) in [7, 11) is 0. The van der Waals surface area contributed by atoms with Crippen LogP contribution in [0.4, 0.5) is 0 Å². The zero-order valence-electron chi connectivity index (χ0n) is 13.1. The van der Waals surface area contributed by atoms with Gasteiger partial charge in [-0.3, -0.25) is 9.78 Å². The van der Waals surface area contributed by atoms with Crippen LogP contribution in [0, 0.1) is 3.57 Å². The van der Waals surface area contributed by atoms with Gasteiger partial charge in [0.05, 0.1) is 11.7 Å². The Morgan fingerprint density at radius 2 is 2.29 bits per heavy atom. The Morgan fingerprint density at radius 1 is 1.42 bits per heavy atom. The lowest BCUT2D eigenvalue weighted by Crippen LogP contribution is -2.37. The first-order valence-electron chi connectivity index (χ1n) is 7.88. The van der Waals surface area contributed by atoms with Gasteiger partial charge in [0.1, 0.15) is 0 Å². The Labute approximate surface area is 160 Å². The number of pyridine rings is 1. The van der Waals surface area contributed by atoms with Gasteiger partial charge in [-0.1, -0.05) is 17.7 Å². The van der Waals surface area contributed by atoms with Crippen molar-refractivity contribution in [1.29, 1.82) is 0 Å². The van der Waals surface area contributed by atoms with E-state index < -0.39 is 0 Å². The van der Waals surface area contributed by atoms with Gasteiger partial charge >= 0.3 is 0 Å². The Bertz CT molecular complexity index is 705. The van der Waals surface area contributed by atoms with Crippen LogP contribution in [-0.4, -0.2) is 35.0 Å². The molecule has 0 N–H and O–H groups in total. The van der Waals surface area contributed by atoms with Gasteiger partial charge in [0.15, 0.2) is 0 Å². The summed E-state index contributed by atoms with van der Waals surface area (Å²) in [5, 5.41) is 0.633. The first-order valence-corrected chi connectivity index (χ1v) is 9.34. The van der Waals surface area contributed by atoms with E-state index in [0.29, 0.717) is 23.7 Å². The maximum absolute atomic E-state index is 13.1. The van der Waals surface area contributed by atoms with Gasteiger partial charge in [-0.2, -0.15) is 0 Å². The summed E-state index contributed by atoms with van der Waals surface area (Å²) in [6.45, 7) is 1.88. The maximum atomic E-state index is 13.1. The summed E-state index contributed by atoms with van der Waals surface area (Å²) >= 11 is 8.17. The van der Waals surface area contributed by atoms with E-state index in [4.69, 9.17) is 16.3 Å². The summed E-state index contributed by atoms with van der Waals surface area (Å²) in [6.07, 6.45) is 5.68. The molecule has 3 rings (SSSR count). The third-order valence-electron chi connectivity index (χ3n) is 3.99. The van der Waals surface area contributed by atoms with Crippen molar-refractivity contribution in [3.05, 3.63) is 62.4 Å². The van der Waals surface area contributed by atoms with Crippen molar-refractivity contribution in [3.63, 3.8) is 0 Å². The topological polar surface area (TPSA) is 42.4 Å². The predicted molar refractivity (Wildman–Crippen MR) is 102 cm³/mol. The van der Waals surface area contributed by atoms with Gasteiger partial charge in [-0.05, 0) is 65.3 Å². The quantitative estimate of drug-likeness (QED) is 0.635. The molecule has 1 aromatic carbocycles. The molecule has 0 radical (unpaired) electrons. The molecule has 1 aromatic heterocycles. The first-order chi connectivity index (χ1) is 11.6. The molecule has 6 heteroatoms. The fraction of sp³-hybridized carbons (Fsp3) is 0.333. The number of hydrogen-bond donors (Lipinski definition) is 0. The minimum atomic E-state index is -0.00424. The standard InChI is InChI=1S/C18H18ClIN2O2/c19-14-5-6-16(17(20)9-14)18(23)22(12-15-4-2-8-24-15)11-13-3-1-7-21-10-13/h1,3,5-7,9-10,15H,2,4,8,11-12H2. The van der Waals surface area contributed by atoms with E-state index in [1.807, 2.05) is 23.1 Å². The number of rotatable bonds is 5. The number of carbonyl (C=O) groups is 1. The van der Waals surface area contributed by atoms with E-state index in [9.17, 15) is 4.79 Å². The smallest absolute Gasteiger partial charge is 0.255 e. The zero-order chi connectivity index (χ0) is 16.9. The molecule has 1 amide bonds. The van der Waals surface area contributed by atoms with E-state index in [0.717, 1.165) is 28.6 Å². The van der Waals surface area contributed by atoms with Gasteiger partial charge in [-0.15, -0.1) is 0 Å². The number of benzene rings is 1. The normalized spacial score (nSPS) is 17.0. The third kappa shape index (κ3) is 4.46. The summed E-state index contributed by atoms with van der Waals surface area (Å²) in [5.74, 6) is -0.00424. The second-order valence-corrected chi connectivity index (χ2v) is 7.40. The second kappa shape index (κ2) is 8.27. The van der Waals surface area contributed by atoms with Crippen LogP contribution in [0.5, 0.6) is 0 Å². The molecule has 1 aliphatic heterocycles. The second-order valence-electron chi connectivity index (χ2n) is 5.81. The first kappa shape index (κ1) is 17.6. The molecule has 1 saturated heterocycles. The number of carbonyl (C=O) groups excluding carboxylic acids is 1. The van der Waals surface area contributed by atoms with Crippen LogP contribution >= 0.6 is 34.2 Å². The molecule has 0 bridgehead atoms. The Hall–Kier alpha value is -1.18. The molecule has 1 atom stereocenters. The maximum Gasteiger partial charge on any atom is 0.255 e. The fourth-order valence-electron chi connectivity index (χ4n) is 2.80. The molecule has 126 valence electrons. The van der Waals surface area contributed by atoms with Crippen molar-refractivity contribution >= 4 is 40.1 Å². The van der Waals surface area contributed by atoms with E-state index in [1.54, 1.807) is 24.5 Å². The lowest BCUT2D eigenvalue weighted by atomic mass is 10.1. The molecule has 1 aliphatic rings. The van der Waals surface area contributed by atoms with Gasteiger partial charge in [0.25, 0.3) is 5.91 Å². The molecular formula is C18H18ClIN2O2. The van der Waals surface area contributed by atoms with E-state index in [2.05, 4.69) is 27.6 Å². The molecule has 2 heterocycles. The van der Waals surface area contributed by atoms with Crippen molar-refractivity contribution in [2.75, 3.05) is 13.2 Å². The Morgan fingerprint density at radius 3 is 2.96 bits per heavy atom. The average Bonchev–Trinajstić information content (AvgIpc) is 3.08. The number of ether oxygens (including phenoxy) is 1. The van der Waals surface area contributed by atoms with E-state index >= 15 is 0 Å². The van der Waals surface area contributed by atoms with E-state index in [1.165, 1.54) is 0 Å². The van der Waals surface area contributed by atoms with Crippen molar-refractivity contribution in [3.8, 4) is 0 Å². The summed E-state index contributed by atoms with van der Waals surface area (Å²) in [4.78, 5) is 19.1. The molecule has 0 aliphatic carbocycles. The Kier molecular flexibility index (Phi) is 6.08. The third-order valence-corrected chi connectivity index (χ3v) is 5.12. The lowest BCUT2D eigenvalue weighted by Gasteiger charge is -2.26. The molecule has 0 spiro atoms. The van der Waals surface area contributed by atoms with Gasteiger partial charge < -0.3 is 9.64 Å². The molecule has 24 heavy (non-hydrogen) atoms. The lowest BCUT2D eigenvalue weighted by molar-refractivity contribution is 0.0506. The number of amides is 1. The fourth-order valence-corrected chi connectivity index (χ4v) is 3.90. The average molecular weight is 457 g/mol. The highest BCUT2D eigenvalue weighted by Crippen LogP contribution is 2.22. The highest BCUT2D eigenvalue weighted by molar-refractivity contribution is 14.1. The highest BCUT2D eigenvalue weighted by Gasteiger charge is 2.24. The molecule has 1 unspecified atom stereocenters. The van der Waals surface area contributed by atoms with Gasteiger partial charge in [0.2, 0.25) is 0 Å². The van der Waals surface area contributed by atoms with Crippen LogP contribution in [0.15, 0.2) is 42.7 Å². The van der Waals surface area contributed by atoms with Crippen molar-refractivity contribution in [1.82, 2.24) is 9.88 Å². The predicted octanol–water partition coefficient (Wildman–Crippen LogP) is 4.16. The van der Waals surface area contributed by atoms with Crippen molar-refractivity contribution in [2.24, 2.45) is 0 Å².